The van der Waals surface area contributed by atoms with Crippen molar-refractivity contribution < 1.29 is 24.2 Å². The fraction of sp³-hybridized carbons (Fsp3) is 0.310. The summed E-state index contributed by atoms with van der Waals surface area (Å²) in [5, 5.41) is 15.5. The van der Waals surface area contributed by atoms with Gasteiger partial charge in [0.25, 0.3) is 0 Å². The first-order valence-corrected chi connectivity index (χ1v) is 12.2. The zero-order chi connectivity index (χ0) is 26.6. The Morgan fingerprint density at radius 2 is 1.30 bits per heavy atom. The average molecular weight is 506 g/mol. The summed E-state index contributed by atoms with van der Waals surface area (Å²) in [6, 6.07) is 25.6. The molecule has 0 heterocycles. The van der Waals surface area contributed by atoms with Crippen LogP contribution in [0.2, 0.25) is 0 Å². The first-order valence-electron chi connectivity index (χ1n) is 12.2. The Bertz CT molecular complexity index is 1060. The molecule has 3 aromatic carbocycles. The second kappa shape index (κ2) is 14.0. The van der Waals surface area contributed by atoms with Crippen LogP contribution in [0.4, 0.5) is 21.0 Å². The summed E-state index contributed by atoms with van der Waals surface area (Å²) in [6.45, 7) is 3.86. The highest BCUT2D eigenvalue weighted by Crippen LogP contribution is 2.30. The third-order valence-electron chi connectivity index (χ3n) is 6.00. The molecule has 0 fully saturated rings. The molecule has 0 radical (unpaired) electrons. The van der Waals surface area contributed by atoms with Crippen LogP contribution in [0.5, 0.6) is 0 Å². The van der Waals surface area contributed by atoms with E-state index < -0.39 is 18.3 Å². The van der Waals surface area contributed by atoms with Gasteiger partial charge in [0.2, 0.25) is 0 Å². The van der Waals surface area contributed by atoms with Gasteiger partial charge in [-0.25, -0.2) is 9.59 Å². The van der Waals surface area contributed by atoms with Crippen molar-refractivity contribution in [3.05, 3.63) is 95.6 Å². The molecule has 0 aliphatic carbocycles. The number of nitrogens with zero attached hydrogens (tertiary/aromatic N) is 1. The van der Waals surface area contributed by atoms with Gasteiger partial charge in [0.05, 0.1) is 20.3 Å². The minimum atomic E-state index is -0.521. The molecule has 0 saturated heterocycles. The fourth-order valence-corrected chi connectivity index (χ4v) is 4.22. The van der Waals surface area contributed by atoms with Gasteiger partial charge in [-0.2, -0.15) is 0 Å². The van der Waals surface area contributed by atoms with Crippen LogP contribution in [0, 0.1) is 0 Å². The smallest absolute Gasteiger partial charge is 0.411 e. The lowest BCUT2D eigenvalue weighted by Gasteiger charge is -2.27. The van der Waals surface area contributed by atoms with Gasteiger partial charge in [0.15, 0.2) is 0 Å². The Labute approximate surface area is 218 Å². The SMILES string of the molecule is COC(=O)Nc1ccc(C(CCN(Cc2ccccc2)CC(C)O)c2ccc(NC(=O)OC)cc2)cc1. The molecule has 37 heavy (non-hydrogen) atoms. The molecule has 8 heteroatoms. The Morgan fingerprint density at radius 1 is 0.811 bits per heavy atom. The van der Waals surface area contributed by atoms with E-state index in [1.54, 1.807) is 6.92 Å². The van der Waals surface area contributed by atoms with Crippen LogP contribution in [0.15, 0.2) is 78.9 Å². The molecule has 196 valence electrons. The van der Waals surface area contributed by atoms with Crippen molar-refractivity contribution in [3.63, 3.8) is 0 Å². The molecule has 0 bridgehead atoms. The molecule has 0 aliphatic heterocycles. The van der Waals surface area contributed by atoms with E-state index in [2.05, 4.69) is 37.1 Å². The summed E-state index contributed by atoms with van der Waals surface area (Å²) >= 11 is 0. The summed E-state index contributed by atoms with van der Waals surface area (Å²) in [5.41, 5.74) is 4.65. The molecule has 1 atom stereocenters. The number of amides is 2. The van der Waals surface area contributed by atoms with Gasteiger partial charge in [0, 0.05) is 30.4 Å². The van der Waals surface area contributed by atoms with E-state index in [-0.39, 0.29) is 5.92 Å². The number of rotatable bonds is 11. The Hall–Kier alpha value is -3.88. The number of hydrogen-bond donors (Lipinski definition) is 3. The molecule has 0 aromatic heterocycles. The number of nitrogens with one attached hydrogen (secondary N) is 2. The number of hydrogen-bond acceptors (Lipinski definition) is 6. The summed E-state index contributed by atoms with van der Waals surface area (Å²) in [7, 11) is 2.65. The van der Waals surface area contributed by atoms with Gasteiger partial charge < -0.3 is 14.6 Å². The highest BCUT2D eigenvalue weighted by molar-refractivity contribution is 5.85. The zero-order valence-corrected chi connectivity index (χ0v) is 21.5. The van der Waals surface area contributed by atoms with E-state index in [1.165, 1.54) is 19.8 Å². The van der Waals surface area contributed by atoms with Gasteiger partial charge >= 0.3 is 12.2 Å². The number of benzene rings is 3. The van der Waals surface area contributed by atoms with E-state index in [9.17, 15) is 14.7 Å². The van der Waals surface area contributed by atoms with Gasteiger partial charge in [-0.15, -0.1) is 0 Å². The van der Waals surface area contributed by atoms with E-state index in [0.717, 1.165) is 30.6 Å². The number of ether oxygens (including phenoxy) is 2. The molecule has 0 saturated carbocycles. The monoisotopic (exact) mass is 505 g/mol. The maximum absolute atomic E-state index is 11.6. The molecule has 3 rings (SSSR count). The maximum Gasteiger partial charge on any atom is 0.411 e. The van der Waals surface area contributed by atoms with E-state index in [0.29, 0.717) is 17.9 Å². The van der Waals surface area contributed by atoms with Gasteiger partial charge in [-0.1, -0.05) is 54.6 Å². The second-order valence-corrected chi connectivity index (χ2v) is 8.89. The lowest BCUT2D eigenvalue weighted by Crippen LogP contribution is -2.32. The fourth-order valence-electron chi connectivity index (χ4n) is 4.22. The van der Waals surface area contributed by atoms with Gasteiger partial charge in [-0.05, 0) is 60.8 Å². The van der Waals surface area contributed by atoms with Crippen LogP contribution in [-0.4, -0.2) is 55.6 Å². The van der Waals surface area contributed by atoms with Crippen molar-refractivity contribution in [1.29, 1.82) is 0 Å². The lowest BCUT2D eigenvalue weighted by molar-refractivity contribution is 0.120. The predicted molar refractivity (Wildman–Crippen MR) is 145 cm³/mol. The normalized spacial score (nSPS) is 11.7. The Kier molecular flexibility index (Phi) is 10.5. The van der Waals surface area contributed by atoms with Crippen molar-refractivity contribution in [2.75, 3.05) is 37.9 Å². The molecule has 8 nitrogen and oxygen atoms in total. The van der Waals surface area contributed by atoms with Crippen LogP contribution in [0.25, 0.3) is 0 Å². The van der Waals surface area contributed by atoms with Gasteiger partial charge in [-0.3, -0.25) is 15.5 Å². The van der Waals surface area contributed by atoms with Crippen molar-refractivity contribution in [3.8, 4) is 0 Å². The molecule has 3 N–H and O–H groups in total. The van der Waals surface area contributed by atoms with E-state index >= 15 is 0 Å². The number of aliphatic hydroxyl groups is 1. The van der Waals surface area contributed by atoms with Crippen LogP contribution in [0.3, 0.4) is 0 Å². The van der Waals surface area contributed by atoms with Gasteiger partial charge in [0.1, 0.15) is 0 Å². The number of carbonyl (C=O) groups excluding carboxylic acids is 2. The maximum atomic E-state index is 11.6. The van der Waals surface area contributed by atoms with Crippen molar-refractivity contribution in [2.24, 2.45) is 0 Å². The topological polar surface area (TPSA) is 100 Å². The minimum Gasteiger partial charge on any atom is -0.453 e. The predicted octanol–water partition coefficient (Wildman–Crippen LogP) is 5.45. The zero-order valence-electron chi connectivity index (χ0n) is 21.5. The lowest BCUT2D eigenvalue weighted by atomic mass is 9.88. The molecule has 0 aliphatic rings. The first-order chi connectivity index (χ1) is 17.9. The molecular formula is C29H35N3O5. The summed E-state index contributed by atoms with van der Waals surface area (Å²) in [5.74, 6) is 0.0478. The highest BCUT2D eigenvalue weighted by Gasteiger charge is 2.18. The standard InChI is InChI=1S/C29H35N3O5/c1-21(33)19-32(20-22-7-5-4-6-8-22)18-17-27(23-9-13-25(14-10-23)30-28(34)36-2)24-11-15-26(16-12-24)31-29(35)37-3/h4-16,21,27,33H,17-20H2,1-3H3,(H,30,34)(H,31,35). The third kappa shape index (κ3) is 8.93. The Morgan fingerprint density at radius 3 is 1.73 bits per heavy atom. The number of carbonyl (C=O) groups is 2. The average Bonchev–Trinajstić information content (AvgIpc) is 2.90. The Balaban J connectivity index is 1.83. The first kappa shape index (κ1) is 27.7. The third-order valence-corrected chi connectivity index (χ3v) is 6.00. The molecule has 2 amide bonds. The summed E-state index contributed by atoms with van der Waals surface area (Å²) in [6.07, 6.45) is -0.692. The number of aliphatic hydroxyl groups excluding tert-OH is 1. The molecule has 3 aromatic rings. The van der Waals surface area contributed by atoms with Crippen LogP contribution in [0.1, 0.15) is 36.0 Å². The minimum absolute atomic E-state index is 0.0478. The summed E-state index contributed by atoms with van der Waals surface area (Å²) in [4.78, 5) is 25.4. The van der Waals surface area contributed by atoms with Crippen LogP contribution >= 0.6 is 0 Å². The van der Waals surface area contributed by atoms with Crippen molar-refractivity contribution in [2.45, 2.75) is 31.9 Å². The number of anilines is 2. The number of methoxy groups -OCH3 is 2. The van der Waals surface area contributed by atoms with Crippen molar-refractivity contribution in [1.82, 2.24) is 4.90 Å². The quantitative estimate of drug-likeness (QED) is 0.321. The highest BCUT2D eigenvalue weighted by atomic mass is 16.5. The van der Waals surface area contributed by atoms with E-state index in [4.69, 9.17) is 0 Å². The van der Waals surface area contributed by atoms with Crippen LogP contribution < -0.4 is 10.6 Å². The van der Waals surface area contributed by atoms with E-state index in [1.807, 2.05) is 66.7 Å². The van der Waals surface area contributed by atoms with Crippen molar-refractivity contribution >= 4 is 23.6 Å². The molecule has 0 spiro atoms. The largest absolute Gasteiger partial charge is 0.453 e. The molecular weight excluding hydrogens is 470 g/mol. The summed E-state index contributed by atoms with van der Waals surface area (Å²) < 4.78 is 9.36. The molecule has 1 unspecified atom stereocenters. The second-order valence-electron chi connectivity index (χ2n) is 8.89. The van der Waals surface area contributed by atoms with Crippen LogP contribution in [-0.2, 0) is 16.0 Å².